The number of carbonyl (C=O) groups excluding carboxylic acids is 3. The molecule has 1 aliphatic rings. The molecule has 1 fully saturated rings. The van der Waals surface area contributed by atoms with Crippen LogP contribution in [0.4, 0.5) is 0 Å². The first-order valence-corrected chi connectivity index (χ1v) is 6.95. The molecule has 0 radical (unpaired) electrons. The first-order valence-electron chi connectivity index (χ1n) is 6.03. The summed E-state index contributed by atoms with van der Waals surface area (Å²) in [5.74, 6) is -1.67. The summed E-state index contributed by atoms with van der Waals surface area (Å²) in [5, 5.41) is -0.669. The largest absolute Gasteiger partial charge is 0.456 e. The molecule has 0 unspecified atom stereocenters. The minimum atomic E-state index is -0.937. The smallest absolute Gasteiger partial charge is 0.303 e. The van der Waals surface area contributed by atoms with Gasteiger partial charge in [-0.05, 0) is 6.92 Å². The molecule has 1 saturated heterocycles. The summed E-state index contributed by atoms with van der Waals surface area (Å²) in [6.07, 6.45) is -3.22. The maximum Gasteiger partial charge on any atom is 0.303 e. The molecule has 5 atom stereocenters. The van der Waals surface area contributed by atoms with Crippen molar-refractivity contribution in [3.05, 3.63) is 0 Å². The van der Waals surface area contributed by atoms with Crippen LogP contribution >= 0.6 is 15.9 Å². The maximum atomic E-state index is 11.2. The third-order valence-corrected chi connectivity index (χ3v) is 3.36. The van der Waals surface area contributed by atoms with Crippen molar-refractivity contribution in [3.63, 3.8) is 0 Å². The van der Waals surface area contributed by atoms with E-state index in [1.165, 1.54) is 20.8 Å². The molecule has 0 aromatic rings. The van der Waals surface area contributed by atoms with E-state index >= 15 is 0 Å². The Morgan fingerprint density at radius 1 is 0.850 bits per heavy atom. The Labute approximate surface area is 125 Å². The van der Waals surface area contributed by atoms with Crippen LogP contribution in [0.3, 0.4) is 0 Å². The zero-order valence-electron chi connectivity index (χ0n) is 11.6. The summed E-state index contributed by atoms with van der Waals surface area (Å²) in [5.41, 5.74) is 0. The van der Waals surface area contributed by atoms with Crippen molar-refractivity contribution in [3.8, 4) is 0 Å². The van der Waals surface area contributed by atoms with Gasteiger partial charge in [0.05, 0.1) is 6.10 Å². The zero-order chi connectivity index (χ0) is 15.4. The van der Waals surface area contributed by atoms with E-state index in [0.717, 1.165) is 0 Å². The molecule has 7 nitrogen and oxygen atoms in total. The Hall–Kier alpha value is -1.15. The molecular formula is C12H17BrO7. The lowest BCUT2D eigenvalue weighted by atomic mass is 10.00. The van der Waals surface area contributed by atoms with Gasteiger partial charge in [-0.1, -0.05) is 15.9 Å². The van der Waals surface area contributed by atoms with E-state index in [1.807, 2.05) is 0 Å². The lowest BCUT2D eigenvalue weighted by Crippen LogP contribution is -2.59. The average molecular weight is 353 g/mol. The Morgan fingerprint density at radius 3 is 1.70 bits per heavy atom. The zero-order valence-corrected chi connectivity index (χ0v) is 13.2. The number of hydrogen-bond donors (Lipinski definition) is 0. The molecular weight excluding hydrogens is 336 g/mol. The molecule has 0 spiro atoms. The first-order chi connectivity index (χ1) is 9.22. The summed E-state index contributed by atoms with van der Waals surface area (Å²) in [6.45, 7) is 5.35. The van der Waals surface area contributed by atoms with Gasteiger partial charge in [-0.3, -0.25) is 14.4 Å². The van der Waals surface area contributed by atoms with Crippen LogP contribution in [-0.2, 0) is 33.3 Å². The molecule has 0 saturated carbocycles. The van der Waals surface area contributed by atoms with Gasteiger partial charge in [0.25, 0.3) is 0 Å². The number of hydrogen-bond acceptors (Lipinski definition) is 7. The van der Waals surface area contributed by atoms with Gasteiger partial charge in [-0.25, -0.2) is 0 Å². The normalized spacial score (nSPS) is 33.1. The van der Waals surface area contributed by atoms with E-state index in [2.05, 4.69) is 15.9 Å². The van der Waals surface area contributed by atoms with E-state index in [0.29, 0.717) is 0 Å². The summed E-state index contributed by atoms with van der Waals surface area (Å²) >= 11 is 3.22. The van der Waals surface area contributed by atoms with Crippen LogP contribution in [0, 0.1) is 0 Å². The monoisotopic (exact) mass is 352 g/mol. The van der Waals surface area contributed by atoms with Crippen LogP contribution < -0.4 is 0 Å². The summed E-state index contributed by atoms with van der Waals surface area (Å²) in [4.78, 5) is 33.5. The molecule has 0 aromatic carbocycles. The minimum absolute atomic E-state index is 0.528. The topological polar surface area (TPSA) is 88.1 Å². The van der Waals surface area contributed by atoms with Crippen molar-refractivity contribution in [2.75, 3.05) is 0 Å². The summed E-state index contributed by atoms with van der Waals surface area (Å²) < 4.78 is 20.9. The SMILES string of the molecule is CC(=O)O[C@@H]1[C@H](OC(C)=O)[C@H](C)O[C@H](Br)[C@H]1OC(C)=O. The molecule has 0 N–H and O–H groups in total. The Morgan fingerprint density at radius 2 is 1.25 bits per heavy atom. The van der Waals surface area contributed by atoms with Gasteiger partial charge in [0.15, 0.2) is 23.3 Å². The number of halogens is 1. The number of esters is 3. The predicted molar refractivity (Wildman–Crippen MR) is 69.9 cm³/mol. The van der Waals surface area contributed by atoms with E-state index < -0.39 is 47.3 Å². The second-order valence-corrected chi connectivity index (χ2v) is 5.32. The maximum absolute atomic E-state index is 11.2. The fourth-order valence-corrected chi connectivity index (χ4v) is 2.70. The molecule has 1 rings (SSSR count). The standard InChI is InChI=1S/C12H17BrO7/c1-5-9(18-6(2)14)10(19-7(3)15)11(12(13)17-5)20-8(4)16/h5,9-12H,1-4H3/t5-,9+,10+,11-,12-/m0/s1. The molecule has 8 heteroatoms. The highest BCUT2D eigenvalue weighted by molar-refractivity contribution is 9.09. The predicted octanol–water partition coefficient (Wildman–Crippen LogP) is 0.921. The van der Waals surface area contributed by atoms with Crippen LogP contribution in [0.5, 0.6) is 0 Å². The molecule has 0 aromatic heterocycles. The molecule has 114 valence electrons. The van der Waals surface area contributed by atoms with Crippen molar-refractivity contribution in [2.24, 2.45) is 0 Å². The molecule has 1 heterocycles. The number of rotatable bonds is 3. The third kappa shape index (κ3) is 4.45. The van der Waals surface area contributed by atoms with Gasteiger partial charge in [0.2, 0.25) is 0 Å². The molecule has 0 bridgehead atoms. The van der Waals surface area contributed by atoms with Gasteiger partial charge in [0.1, 0.15) is 0 Å². The first kappa shape index (κ1) is 16.9. The highest BCUT2D eigenvalue weighted by Crippen LogP contribution is 2.31. The summed E-state index contributed by atoms with van der Waals surface area (Å²) in [6, 6.07) is 0. The van der Waals surface area contributed by atoms with Crippen LogP contribution in [0.15, 0.2) is 0 Å². The van der Waals surface area contributed by atoms with Gasteiger partial charge in [-0.15, -0.1) is 0 Å². The van der Waals surface area contributed by atoms with Gasteiger partial charge < -0.3 is 18.9 Å². The fourth-order valence-electron chi connectivity index (χ4n) is 1.96. The Kier molecular flexibility index (Phi) is 5.94. The van der Waals surface area contributed by atoms with Crippen LogP contribution in [-0.4, -0.2) is 47.3 Å². The van der Waals surface area contributed by atoms with Gasteiger partial charge >= 0.3 is 17.9 Å². The average Bonchev–Trinajstić information content (AvgIpc) is 2.27. The second kappa shape index (κ2) is 7.03. The van der Waals surface area contributed by atoms with E-state index in [9.17, 15) is 14.4 Å². The third-order valence-electron chi connectivity index (χ3n) is 2.62. The van der Waals surface area contributed by atoms with Crippen molar-refractivity contribution in [1.82, 2.24) is 0 Å². The molecule has 0 amide bonds. The van der Waals surface area contributed by atoms with Crippen LogP contribution in [0.2, 0.25) is 0 Å². The van der Waals surface area contributed by atoms with Crippen molar-refractivity contribution >= 4 is 33.8 Å². The van der Waals surface area contributed by atoms with Crippen molar-refractivity contribution in [1.29, 1.82) is 0 Å². The Bertz CT molecular complexity index is 369. The van der Waals surface area contributed by atoms with Gasteiger partial charge in [-0.2, -0.15) is 0 Å². The Balaban J connectivity index is 3.01. The minimum Gasteiger partial charge on any atom is -0.456 e. The van der Waals surface area contributed by atoms with Crippen molar-refractivity contribution < 1.29 is 33.3 Å². The van der Waals surface area contributed by atoms with E-state index in [1.54, 1.807) is 6.92 Å². The number of alkyl halides is 1. The highest BCUT2D eigenvalue weighted by atomic mass is 79.9. The number of ether oxygens (including phenoxy) is 4. The molecule has 1 aliphatic heterocycles. The van der Waals surface area contributed by atoms with E-state index in [-0.39, 0.29) is 0 Å². The van der Waals surface area contributed by atoms with E-state index in [4.69, 9.17) is 18.9 Å². The van der Waals surface area contributed by atoms with Crippen LogP contribution in [0.1, 0.15) is 27.7 Å². The highest BCUT2D eigenvalue weighted by Gasteiger charge is 2.49. The lowest BCUT2D eigenvalue weighted by molar-refractivity contribution is -0.227. The summed E-state index contributed by atoms with van der Waals surface area (Å²) in [7, 11) is 0. The van der Waals surface area contributed by atoms with Crippen molar-refractivity contribution in [2.45, 2.75) is 57.1 Å². The second-order valence-electron chi connectivity index (χ2n) is 4.41. The fraction of sp³-hybridized carbons (Fsp3) is 0.750. The number of carbonyl (C=O) groups is 3. The molecule has 0 aliphatic carbocycles. The van der Waals surface area contributed by atoms with Gasteiger partial charge in [0, 0.05) is 20.8 Å². The lowest BCUT2D eigenvalue weighted by Gasteiger charge is -2.41. The quantitative estimate of drug-likeness (QED) is 0.424. The van der Waals surface area contributed by atoms with Crippen LogP contribution in [0.25, 0.3) is 0 Å². The molecule has 20 heavy (non-hydrogen) atoms.